The van der Waals surface area contributed by atoms with E-state index in [1.807, 2.05) is 13.8 Å². The molecular formula is C13H27NOS. The maximum absolute atomic E-state index is 11.7. The summed E-state index contributed by atoms with van der Waals surface area (Å²) in [4.78, 5) is 0. The van der Waals surface area contributed by atoms with Gasteiger partial charge in [0.2, 0.25) is 0 Å². The van der Waals surface area contributed by atoms with Gasteiger partial charge in [-0.15, -0.1) is 0 Å². The van der Waals surface area contributed by atoms with E-state index in [1.165, 1.54) is 19.3 Å². The van der Waals surface area contributed by atoms with Gasteiger partial charge in [0, 0.05) is 15.3 Å². The lowest BCUT2D eigenvalue weighted by Gasteiger charge is -2.46. The van der Waals surface area contributed by atoms with Crippen molar-refractivity contribution in [1.29, 1.82) is 4.78 Å². The Labute approximate surface area is 102 Å². The van der Waals surface area contributed by atoms with Gasteiger partial charge in [0.05, 0.1) is 0 Å². The largest absolute Gasteiger partial charge is 0.255 e. The molecule has 0 aromatic carbocycles. The molecule has 16 heavy (non-hydrogen) atoms. The summed E-state index contributed by atoms with van der Waals surface area (Å²) in [6.07, 6.45) is 4.92. The monoisotopic (exact) mass is 245 g/mol. The highest BCUT2D eigenvalue weighted by molar-refractivity contribution is 7.75. The first-order valence-electron chi connectivity index (χ1n) is 6.36. The molecule has 0 amide bonds. The van der Waals surface area contributed by atoms with Crippen molar-refractivity contribution in [2.75, 3.05) is 0 Å². The van der Waals surface area contributed by atoms with Crippen LogP contribution in [0.5, 0.6) is 0 Å². The molecule has 1 saturated carbocycles. The fraction of sp³-hybridized carbons (Fsp3) is 1.00. The topological polar surface area (TPSA) is 40.9 Å². The summed E-state index contributed by atoms with van der Waals surface area (Å²) in [6, 6.07) is 0. The molecule has 3 heteroatoms. The summed E-state index contributed by atoms with van der Waals surface area (Å²) in [7, 11) is -1.84. The van der Waals surface area contributed by atoms with E-state index in [4.69, 9.17) is 4.78 Å². The predicted octanol–water partition coefficient (Wildman–Crippen LogP) is 3.86. The highest BCUT2D eigenvalue weighted by Crippen LogP contribution is 2.47. The minimum Gasteiger partial charge on any atom is -0.255 e. The van der Waals surface area contributed by atoms with E-state index in [0.717, 1.165) is 6.42 Å². The third-order valence-corrected chi connectivity index (χ3v) is 5.69. The lowest BCUT2D eigenvalue weighted by Crippen LogP contribution is -2.44. The van der Waals surface area contributed by atoms with E-state index in [1.54, 1.807) is 0 Å². The van der Waals surface area contributed by atoms with Crippen molar-refractivity contribution in [1.82, 2.24) is 0 Å². The number of hydrogen-bond donors (Lipinski definition) is 2. The van der Waals surface area contributed by atoms with E-state index in [9.17, 15) is 4.21 Å². The van der Waals surface area contributed by atoms with Crippen LogP contribution >= 0.6 is 0 Å². The highest BCUT2D eigenvalue weighted by atomic mass is 32.2. The molecule has 3 unspecified atom stereocenters. The summed E-state index contributed by atoms with van der Waals surface area (Å²) in [5.74, 6) is 1.06. The number of nitrogens with one attached hydrogen (secondary N) is 1. The van der Waals surface area contributed by atoms with Crippen LogP contribution in [-0.4, -0.2) is 8.96 Å². The first-order chi connectivity index (χ1) is 7.17. The van der Waals surface area contributed by atoms with Crippen LogP contribution in [0.1, 0.15) is 60.3 Å². The number of hydrogen-bond acceptors (Lipinski definition) is 2. The van der Waals surface area contributed by atoms with Crippen LogP contribution < -0.4 is 0 Å². The Hall–Kier alpha value is -0.0500. The molecule has 0 aliphatic heterocycles. The van der Waals surface area contributed by atoms with Gasteiger partial charge in [-0.25, -0.2) is 0 Å². The van der Waals surface area contributed by atoms with Crippen LogP contribution in [0, 0.1) is 22.0 Å². The van der Waals surface area contributed by atoms with Crippen LogP contribution in [0.3, 0.4) is 0 Å². The molecule has 1 aliphatic carbocycles. The normalized spacial score (nSPS) is 30.1. The van der Waals surface area contributed by atoms with E-state index < -0.39 is 10.6 Å². The van der Waals surface area contributed by atoms with Gasteiger partial charge in [-0.3, -0.25) is 8.99 Å². The fourth-order valence-electron chi connectivity index (χ4n) is 3.16. The van der Waals surface area contributed by atoms with Crippen LogP contribution in [0.2, 0.25) is 0 Å². The number of rotatable bonds is 2. The third-order valence-electron chi connectivity index (χ3n) is 4.31. The molecule has 0 radical (unpaired) electrons. The first-order valence-corrected chi connectivity index (χ1v) is 7.62. The molecule has 0 spiro atoms. The van der Waals surface area contributed by atoms with Gasteiger partial charge in [0.25, 0.3) is 0 Å². The second kappa shape index (κ2) is 4.67. The Balaban J connectivity index is 2.99. The average molecular weight is 245 g/mol. The zero-order valence-electron chi connectivity index (χ0n) is 11.3. The van der Waals surface area contributed by atoms with Crippen molar-refractivity contribution in [2.45, 2.75) is 65.0 Å². The maximum atomic E-state index is 11.7. The minimum atomic E-state index is -1.84. The van der Waals surface area contributed by atoms with Crippen LogP contribution in [-0.2, 0) is 10.6 Å². The molecule has 0 aromatic heterocycles. The van der Waals surface area contributed by atoms with E-state index in [2.05, 4.69) is 20.8 Å². The summed E-state index contributed by atoms with van der Waals surface area (Å²) < 4.78 is 18.9. The summed E-state index contributed by atoms with van der Waals surface area (Å²) in [5.41, 5.74) is 0.272. The first kappa shape index (κ1) is 14.0. The molecule has 1 N–H and O–H groups in total. The standard InChI is InChI=1S/C13H27NOS/c1-12(2,3)10-8-6-7-9-11(10)13(4,5)16(14)15/h10-11,14,16H,6-9H2,1-5H3. The van der Waals surface area contributed by atoms with Crippen molar-refractivity contribution < 1.29 is 4.21 Å². The van der Waals surface area contributed by atoms with Gasteiger partial charge in [-0.2, -0.15) is 0 Å². The molecule has 0 heterocycles. The SMILES string of the molecule is CC(C)(C)C1CCCCC1C(C)(C)[SH](=N)=O. The second-order valence-electron chi connectivity index (χ2n) is 6.81. The molecule has 1 fully saturated rings. The Kier molecular flexibility index (Phi) is 4.09. The maximum Gasteiger partial charge on any atom is 0.0487 e. The Morgan fingerprint density at radius 1 is 1.00 bits per heavy atom. The van der Waals surface area contributed by atoms with Gasteiger partial charge in [0.15, 0.2) is 0 Å². The van der Waals surface area contributed by atoms with Crippen molar-refractivity contribution in [3.8, 4) is 0 Å². The van der Waals surface area contributed by atoms with Gasteiger partial charge in [-0.1, -0.05) is 33.6 Å². The molecule has 0 aromatic rings. The molecule has 2 nitrogen and oxygen atoms in total. The summed E-state index contributed by atoms with van der Waals surface area (Å²) >= 11 is 0. The molecule has 1 aliphatic rings. The lowest BCUT2D eigenvalue weighted by atomic mass is 9.63. The highest BCUT2D eigenvalue weighted by Gasteiger charge is 2.42. The van der Waals surface area contributed by atoms with Crippen LogP contribution in [0.25, 0.3) is 0 Å². The molecule has 3 atom stereocenters. The van der Waals surface area contributed by atoms with E-state index in [-0.39, 0.29) is 10.2 Å². The quantitative estimate of drug-likeness (QED) is 0.713. The fourth-order valence-corrected chi connectivity index (χ4v) is 3.77. The van der Waals surface area contributed by atoms with Gasteiger partial charge >= 0.3 is 0 Å². The number of thiol groups is 1. The van der Waals surface area contributed by atoms with Crippen molar-refractivity contribution in [3.63, 3.8) is 0 Å². The predicted molar refractivity (Wildman–Crippen MR) is 71.2 cm³/mol. The average Bonchev–Trinajstić information content (AvgIpc) is 2.16. The Bertz CT molecular complexity index is 304. The summed E-state index contributed by atoms with van der Waals surface area (Å²) in [6.45, 7) is 10.9. The van der Waals surface area contributed by atoms with Crippen molar-refractivity contribution in [3.05, 3.63) is 0 Å². The van der Waals surface area contributed by atoms with Crippen molar-refractivity contribution >= 4 is 10.6 Å². The van der Waals surface area contributed by atoms with E-state index in [0.29, 0.717) is 11.8 Å². The van der Waals surface area contributed by atoms with Gasteiger partial charge < -0.3 is 0 Å². The van der Waals surface area contributed by atoms with E-state index >= 15 is 0 Å². The molecule has 96 valence electrons. The Morgan fingerprint density at radius 2 is 1.44 bits per heavy atom. The molecular weight excluding hydrogens is 218 g/mol. The molecule has 0 bridgehead atoms. The molecule has 0 saturated heterocycles. The molecule has 1 rings (SSSR count). The van der Waals surface area contributed by atoms with Gasteiger partial charge in [-0.05, 0) is 43.9 Å². The smallest absolute Gasteiger partial charge is 0.0487 e. The Morgan fingerprint density at radius 3 is 1.81 bits per heavy atom. The van der Waals surface area contributed by atoms with Crippen LogP contribution in [0.4, 0.5) is 0 Å². The zero-order chi connectivity index (χ0) is 12.6. The van der Waals surface area contributed by atoms with Crippen LogP contribution in [0.15, 0.2) is 0 Å². The summed E-state index contributed by atoms with van der Waals surface area (Å²) in [5, 5.41) is 0. The minimum absolute atomic E-state index is 0.272. The second-order valence-corrected chi connectivity index (χ2v) is 8.55. The zero-order valence-corrected chi connectivity index (χ0v) is 12.2. The van der Waals surface area contributed by atoms with Crippen molar-refractivity contribution in [2.24, 2.45) is 17.3 Å². The lowest BCUT2D eigenvalue weighted by molar-refractivity contribution is 0.0867. The third kappa shape index (κ3) is 2.79. The van der Waals surface area contributed by atoms with Gasteiger partial charge in [0.1, 0.15) is 0 Å².